The van der Waals surface area contributed by atoms with Crippen molar-refractivity contribution in [2.75, 3.05) is 13.1 Å². The van der Waals surface area contributed by atoms with Crippen molar-refractivity contribution < 1.29 is 0 Å². The monoisotopic (exact) mass is 285 g/mol. The molecule has 1 aliphatic carbocycles. The number of piperidine rings is 1. The summed E-state index contributed by atoms with van der Waals surface area (Å²) in [5.41, 5.74) is 0. The van der Waals surface area contributed by atoms with E-state index in [1.807, 2.05) is 6.20 Å². The molecule has 0 amide bonds. The molecule has 0 bridgehead atoms. The summed E-state index contributed by atoms with van der Waals surface area (Å²) in [4.78, 5) is 8.05. The fourth-order valence-electron chi connectivity index (χ4n) is 2.70. The van der Waals surface area contributed by atoms with Crippen LogP contribution in [0.2, 0.25) is 4.47 Å². The van der Waals surface area contributed by atoms with Crippen LogP contribution in [0.15, 0.2) is 6.20 Å². The van der Waals surface area contributed by atoms with Gasteiger partial charge in [-0.1, -0.05) is 18.0 Å². The van der Waals surface area contributed by atoms with Crippen molar-refractivity contribution in [1.82, 2.24) is 15.2 Å². The van der Waals surface area contributed by atoms with Crippen molar-refractivity contribution in [3.05, 3.63) is 15.5 Å². The summed E-state index contributed by atoms with van der Waals surface area (Å²) in [7, 11) is 0. The highest BCUT2D eigenvalue weighted by molar-refractivity contribution is 7.15. The molecule has 18 heavy (non-hydrogen) atoms. The average Bonchev–Trinajstić information content (AvgIpc) is 3.15. The fourth-order valence-corrected chi connectivity index (χ4v) is 3.71. The molecule has 2 fully saturated rings. The third-order valence-electron chi connectivity index (χ3n) is 3.81. The van der Waals surface area contributed by atoms with E-state index < -0.39 is 0 Å². The smallest absolute Gasteiger partial charge is 0.183 e. The molecule has 1 unspecified atom stereocenters. The van der Waals surface area contributed by atoms with Crippen molar-refractivity contribution in [3.63, 3.8) is 0 Å². The molecule has 100 valence electrons. The van der Waals surface area contributed by atoms with Crippen molar-refractivity contribution in [1.29, 1.82) is 0 Å². The Morgan fingerprint density at radius 1 is 1.39 bits per heavy atom. The van der Waals surface area contributed by atoms with Gasteiger partial charge in [0.1, 0.15) is 0 Å². The lowest BCUT2D eigenvalue weighted by atomic mass is 10.0. The highest BCUT2D eigenvalue weighted by Crippen LogP contribution is 2.30. The normalized spacial score (nSPS) is 24.7. The molecule has 3 nitrogen and oxygen atoms in total. The van der Waals surface area contributed by atoms with Gasteiger partial charge in [0.2, 0.25) is 0 Å². The molecular formula is C13H20ClN3S. The maximum Gasteiger partial charge on any atom is 0.183 e. The third-order valence-corrected chi connectivity index (χ3v) is 4.91. The molecule has 0 spiro atoms. The Hall–Kier alpha value is -0.160. The summed E-state index contributed by atoms with van der Waals surface area (Å²) < 4.78 is 0.663. The van der Waals surface area contributed by atoms with Crippen molar-refractivity contribution in [2.45, 2.75) is 50.7 Å². The van der Waals surface area contributed by atoms with Crippen LogP contribution in [0, 0.1) is 0 Å². The van der Waals surface area contributed by atoms with E-state index in [0.29, 0.717) is 10.5 Å². The lowest BCUT2D eigenvalue weighted by Crippen LogP contribution is -2.44. The predicted molar refractivity (Wildman–Crippen MR) is 76.2 cm³/mol. The Bertz CT molecular complexity index is 385. The summed E-state index contributed by atoms with van der Waals surface area (Å²) in [5.74, 6) is 0. The van der Waals surface area contributed by atoms with E-state index in [4.69, 9.17) is 11.6 Å². The molecule has 1 saturated heterocycles. The highest BCUT2D eigenvalue weighted by atomic mass is 35.5. The van der Waals surface area contributed by atoms with Gasteiger partial charge in [0.05, 0.1) is 0 Å². The molecular weight excluding hydrogens is 266 g/mol. The molecule has 5 heteroatoms. The van der Waals surface area contributed by atoms with Gasteiger partial charge in [0, 0.05) is 36.2 Å². The van der Waals surface area contributed by atoms with Gasteiger partial charge in [-0.25, -0.2) is 4.98 Å². The zero-order valence-electron chi connectivity index (χ0n) is 10.6. The number of nitrogens with zero attached hydrogens (tertiary/aromatic N) is 2. The molecule has 2 aliphatic rings. The second-order valence-electron chi connectivity index (χ2n) is 5.39. The van der Waals surface area contributed by atoms with Crippen LogP contribution in [0.4, 0.5) is 0 Å². The Kier molecular flexibility index (Phi) is 4.19. The number of hydrogen-bond acceptors (Lipinski definition) is 4. The molecule has 1 N–H and O–H groups in total. The second-order valence-corrected chi connectivity index (χ2v) is 7.08. The quantitative estimate of drug-likeness (QED) is 0.902. The lowest BCUT2D eigenvalue weighted by molar-refractivity contribution is 0.210. The zero-order chi connectivity index (χ0) is 12.4. The van der Waals surface area contributed by atoms with E-state index in [1.165, 1.54) is 50.1 Å². The number of nitrogens with one attached hydrogen (secondary N) is 1. The Labute approximate surface area is 118 Å². The van der Waals surface area contributed by atoms with Gasteiger partial charge in [-0.3, -0.25) is 4.90 Å². The minimum absolute atomic E-state index is 0.663. The summed E-state index contributed by atoms with van der Waals surface area (Å²) in [6, 6.07) is 1.48. The molecule has 1 aliphatic heterocycles. The van der Waals surface area contributed by atoms with Crippen LogP contribution < -0.4 is 5.32 Å². The lowest BCUT2D eigenvalue weighted by Gasteiger charge is -2.30. The minimum Gasteiger partial charge on any atom is -0.313 e. The first-order chi connectivity index (χ1) is 8.81. The SMILES string of the molecule is Clc1ncc(CN(CC2CCCCN2)C2CC2)s1. The summed E-state index contributed by atoms with van der Waals surface area (Å²) in [5, 5.41) is 3.64. The average molecular weight is 286 g/mol. The first kappa shape index (κ1) is 12.9. The van der Waals surface area contributed by atoms with Gasteiger partial charge in [0.25, 0.3) is 0 Å². The molecule has 1 saturated carbocycles. The maximum absolute atomic E-state index is 5.91. The summed E-state index contributed by atoms with van der Waals surface area (Å²) >= 11 is 7.52. The number of halogens is 1. The molecule has 1 aromatic rings. The summed E-state index contributed by atoms with van der Waals surface area (Å²) in [6.45, 7) is 3.39. The molecule has 1 atom stereocenters. The summed E-state index contributed by atoms with van der Waals surface area (Å²) in [6.07, 6.45) is 8.69. The number of thiazole rings is 1. The van der Waals surface area contributed by atoms with Crippen LogP contribution in [0.25, 0.3) is 0 Å². The van der Waals surface area contributed by atoms with E-state index in [-0.39, 0.29) is 0 Å². The number of hydrogen-bond donors (Lipinski definition) is 1. The van der Waals surface area contributed by atoms with Crippen LogP contribution in [0.3, 0.4) is 0 Å². The predicted octanol–water partition coefficient (Wildman–Crippen LogP) is 2.90. The van der Waals surface area contributed by atoms with Crippen molar-refractivity contribution in [2.24, 2.45) is 0 Å². The van der Waals surface area contributed by atoms with Crippen LogP contribution in [0.1, 0.15) is 37.0 Å². The van der Waals surface area contributed by atoms with Gasteiger partial charge in [-0.2, -0.15) is 0 Å². The topological polar surface area (TPSA) is 28.2 Å². The van der Waals surface area contributed by atoms with Gasteiger partial charge in [-0.15, -0.1) is 11.3 Å². The van der Waals surface area contributed by atoms with Crippen LogP contribution in [-0.4, -0.2) is 35.1 Å². The molecule has 2 heterocycles. The van der Waals surface area contributed by atoms with Gasteiger partial charge >= 0.3 is 0 Å². The molecule has 0 radical (unpaired) electrons. The molecule has 3 rings (SSSR count). The highest BCUT2D eigenvalue weighted by Gasteiger charge is 2.31. The van der Waals surface area contributed by atoms with Crippen LogP contribution in [-0.2, 0) is 6.54 Å². The Morgan fingerprint density at radius 2 is 2.28 bits per heavy atom. The van der Waals surface area contributed by atoms with Crippen molar-refractivity contribution >= 4 is 22.9 Å². The fraction of sp³-hybridized carbons (Fsp3) is 0.769. The molecule has 1 aromatic heterocycles. The largest absolute Gasteiger partial charge is 0.313 e. The van der Waals surface area contributed by atoms with Gasteiger partial charge in [-0.05, 0) is 32.2 Å². The van der Waals surface area contributed by atoms with E-state index >= 15 is 0 Å². The van der Waals surface area contributed by atoms with E-state index in [1.54, 1.807) is 11.3 Å². The Morgan fingerprint density at radius 3 is 2.89 bits per heavy atom. The van der Waals surface area contributed by atoms with Crippen LogP contribution in [0.5, 0.6) is 0 Å². The minimum atomic E-state index is 0.663. The van der Waals surface area contributed by atoms with Crippen LogP contribution >= 0.6 is 22.9 Å². The molecule has 0 aromatic carbocycles. The third kappa shape index (κ3) is 3.44. The zero-order valence-corrected chi connectivity index (χ0v) is 12.1. The first-order valence-electron chi connectivity index (χ1n) is 6.89. The standard InChI is InChI=1S/C13H20ClN3S/c14-13-16-7-12(18-13)9-17(11-4-5-11)8-10-3-1-2-6-15-10/h7,10-11,15H,1-6,8-9H2. The van der Waals surface area contributed by atoms with E-state index in [9.17, 15) is 0 Å². The maximum atomic E-state index is 5.91. The number of aromatic nitrogens is 1. The number of rotatable bonds is 5. The first-order valence-corrected chi connectivity index (χ1v) is 8.08. The second kappa shape index (κ2) is 5.87. The van der Waals surface area contributed by atoms with E-state index in [0.717, 1.165) is 12.6 Å². The van der Waals surface area contributed by atoms with E-state index in [2.05, 4.69) is 15.2 Å². The van der Waals surface area contributed by atoms with Gasteiger partial charge < -0.3 is 5.32 Å². The van der Waals surface area contributed by atoms with Crippen molar-refractivity contribution in [3.8, 4) is 0 Å². The van der Waals surface area contributed by atoms with Gasteiger partial charge in [0.15, 0.2) is 4.47 Å². The Balaban J connectivity index is 1.57.